The summed E-state index contributed by atoms with van der Waals surface area (Å²) in [6.07, 6.45) is 3.10. The molecular weight excluding hydrogens is 260 g/mol. The largest absolute Gasteiger partial charge is 0.481 e. The van der Waals surface area contributed by atoms with Crippen LogP contribution in [0.5, 0.6) is 0 Å². The van der Waals surface area contributed by atoms with Crippen molar-refractivity contribution in [2.75, 3.05) is 19.6 Å². The summed E-state index contributed by atoms with van der Waals surface area (Å²) in [7, 11) is 0. The summed E-state index contributed by atoms with van der Waals surface area (Å²) in [5.74, 6) is -3.07. The van der Waals surface area contributed by atoms with E-state index < -0.39 is 23.2 Å². The van der Waals surface area contributed by atoms with Crippen LogP contribution in [0.4, 0.5) is 0 Å². The molecule has 2 amide bonds. The molecule has 0 aliphatic carbocycles. The van der Waals surface area contributed by atoms with Gasteiger partial charge in [-0.1, -0.05) is 20.8 Å². The number of hydrogen-bond acceptors (Lipinski definition) is 3. The Morgan fingerprint density at radius 2 is 1.70 bits per heavy atom. The topological polar surface area (TPSA) is 86.7 Å². The molecule has 0 radical (unpaired) electrons. The fraction of sp³-hybridized carbons (Fsp3) is 0.786. The first-order valence-electron chi connectivity index (χ1n) is 7.02. The van der Waals surface area contributed by atoms with Crippen LogP contribution in [0, 0.1) is 11.3 Å². The van der Waals surface area contributed by atoms with Crippen LogP contribution in [0.2, 0.25) is 0 Å². The van der Waals surface area contributed by atoms with E-state index in [1.54, 1.807) is 25.7 Å². The van der Waals surface area contributed by atoms with Crippen LogP contribution in [0.15, 0.2) is 0 Å². The molecule has 1 aliphatic rings. The van der Waals surface area contributed by atoms with Gasteiger partial charge in [-0.25, -0.2) is 0 Å². The highest BCUT2D eigenvalue weighted by Gasteiger charge is 2.37. The van der Waals surface area contributed by atoms with Crippen molar-refractivity contribution in [3.05, 3.63) is 0 Å². The molecule has 0 aromatic carbocycles. The molecule has 1 rings (SSSR count). The minimum atomic E-state index is -1.17. The Morgan fingerprint density at radius 3 is 2.15 bits per heavy atom. The maximum absolute atomic E-state index is 12.0. The Balaban J connectivity index is 2.52. The van der Waals surface area contributed by atoms with E-state index >= 15 is 0 Å². The van der Waals surface area contributed by atoms with E-state index in [1.165, 1.54) is 0 Å². The number of carboxylic acid groups (broad SMARTS) is 1. The van der Waals surface area contributed by atoms with Gasteiger partial charge >= 0.3 is 5.97 Å². The maximum Gasteiger partial charge on any atom is 0.316 e. The number of carbonyl (C=O) groups is 3. The van der Waals surface area contributed by atoms with Gasteiger partial charge in [0.15, 0.2) is 0 Å². The van der Waals surface area contributed by atoms with Crippen molar-refractivity contribution in [3.63, 3.8) is 0 Å². The fourth-order valence-corrected chi connectivity index (χ4v) is 2.40. The first-order valence-corrected chi connectivity index (χ1v) is 7.02. The highest BCUT2D eigenvalue weighted by molar-refractivity contribution is 5.99. The van der Waals surface area contributed by atoms with Gasteiger partial charge in [-0.05, 0) is 24.7 Å². The number of carboxylic acids is 1. The second-order valence-corrected chi connectivity index (χ2v) is 6.30. The summed E-state index contributed by atoms with van der Waals surface area (Å²) in [4.78, 5) is 36.8. The van der Waals surface area contributed by atoms with Crippen LogP contribution in [0.1, 0.15) is 40.0 Å². The van der Waals surface area contributed by atoms with Crippen molar-refractivity contribution < 1.29 is 19.5 Å². The van der Waals surface area contributed by atoms with Crippen LogP contribution in [0.3, 0.4) is 0 Å². The van der Waals surface area contributed by atoms with Crippen molar-refractivity contribution in [3.8, 4) is 0 Å². The number of rotatable bonds is 4. The first kappa shape index (κ1) is 16.5. The average molecular weight is 284 g/mol. The zero-order valence-corrected chi connectivity index (χ0v) is 12.4. The number of piperidine rings is 1. The Bertz CT molecular complexity index is 381. The molecule has 6 heteroatoms. The fourth-order valence-electron chi connectivity index (χ4n) is 2.40. The molecule has 0 aromatic rings. The summed E-state index contributed by atoms with van der Waals surface area (Å²) in [6, 6.07) is 0. The third-order valence-electron chi connectivity index (χ3n) is 3.50. The van der Waals surface area contributed by atoms with E-state index in [0.717, 1.165) is 32.4 Å². The smallest absolute Gasteiger partial charge is 0.316 e. The summed E-state index contributed by atoms with van der Waals surface area (Å²) in [5.41, 5.74) is -0.690. The SMILES string of the molecule is CC(C)(C)C(C(=O)O)C(=O)NCC(=O)N1CCCCC1. The summed E-state index contributed by atoms with van der Waals surface area (Å²) in [6.45, 7) is 6.39. The third kappa shape index (κ3) is 4.51. The van der Waals surface area contributed by atoms with E-state index in [1.807, 2.05) is 0 Å². The number of aliphatic carboxylic acids is 1. The van der Waals surface area contributed by atoms with Gasteiger partial charge in [-0.15, -0.1) is 0 Å². The lowest BCUT2D eigenvalue weighted by Crippen LogP contribution is -2.47. The summed E-state index contributed by atoms with van der Waals surface area (Å²) < 4.78 is 0. The van der Waals surface area contributed by atoms with Crippen LogP contribution in [0.25, 0.3) is 0 Å². The standard InChI is InChI=1S/C14H24N2O4/c1-14(2,3)11(13(19)20)12(18)15-9-10(17)16-7-5-4-6-8-16/h11H,4-9H2,1-3H3,(H,15,18)(H,19,20). The number of nitrogens with zero attached hydrogens (tertiary/aromatic N) is 1. The predicted octanol–water partition coefficient (Wildman–Crippen LogP) is 0.862. The van der Waals surface area contributed by atoms with Gasteiger partial charge in [0.1, 0.15) is 5.92 Å². The number of nitrogens with one attached hydrogen (secondary N) is 1. The zero-order chi connectivity index (χ0) is 15.3. The Hall–Kier alpha value is -1.59. The van der Waals surface area contributed by atoms with Gasteiger partial charge in [0.05, 0.1) is 6.54 Å². The Labute approximate surface area is 119 Å². The molecule has 1 fully saturated rings. The van der Waals surface area contributed by atoms with Crippen molar-refractivity contribution in [2.45, 2.75) is 40.0 Å². The molecule has 0 spiro atoms. The number of carbonyl (C=O) groups excluding carboxylic acids is 2. The Kier molecular flexibility index (Phi) is 5.53. The second kappa shape index (κ2) is 6.72. The molecule has 0 aromatic heterocycles. The average Bonchev–Trinajstić information content (AvgIpc) is 2.34. The van der Waals surface area contributed by atoms with Crippen molar-refractivity contribution in [2.24, 2.45) is 11.3 Å². The summed E-state index contributed by atoms with van der Waals surface area (Å²) >= 11 is 0. The highest BCUT2D eigenvalue weighted by Crippen LogP contribution is 2.26. The predicted molar refractivity (Wildman–Crippen MR) is 74.0 cm³/mol. The van der Waals surface area contributed by atoms with E-state index in [-0.39, 0.29) is 12.5 Å². The van der Waals surface area contributed by atoms with Crippen LogP contribution >= 0.6 is 0 Å². The third-order valence-corrected chi connectivity index (χ3v) is 3.50. The molecular formula is C14H24N2O4. The molecule has 0 bridgehead atoms. The zero-order valence-electron chi connectivity index (χ0n) is 12.4. The van der Waals surface area contributed by atoms with E-state index in [9.17, 15) is 14.4 Å². The monoisotopic (exact) mass is 284 g/mol. The van der Waals surface area contributed by atoms with Crippen LogP contribution < -0.4 is 5.32 Å². The van der Waals surface area contributed by atoms with Gasteiger partial charge < -0.3 is 15.3 Å². The lowest BCUT2D eigenvalue weighted by molar-refractivity contribution is -0.152. The van der Waals surface area contributed by atoms with Crippen molar-refractivity contribution in [1.82, 2.24) is 10.2 Å². The lowest BCUT2D eigenvalue weighted by atomic mass is 9.80. The number of hydrogen-bond donors (Lipinski definition) is 2. The Morgan fingerprint density at radius 1 is 1.15 bits per heavy atom. The lowest BCUT2D eigenvalue weighted by Gasteiger charge is -2.28. The van der Waals surface area contributed by atoms with Gasteiger partial charge in [-0.3, -0.25) is 14.4 Å². The van der Waals surface area contributed by atoms with Gasteiger partial charge in [0.2, 0.25) is 11.8 Å². The maximum atomic E-state index is 12.0. The molecule has 114 valence electrons. The normalized spacial score (nSPS) is 17.4. The van der Waals surface area contributed by atoms with Crippen LogP contribution in [-0.4, -0.2) is 47.4 Å². The minimum Gasteiger partial charge on any atom is -0.481 e. The molecule has 6 nitrogen and oxygen atoms in total. The molecule has 1 saturated heterocycles. The van der Waals surface area contributed by atoms with E-state index in [4.69, 9.17) is 5.11 Å². The van der Waals surface area contributed by atoms with Crippen molar-refractivity contribution in [1.29, 1.82) is 0 Å². The minimum absolute atomic E-state index is 0.126. The van der Waals surface area contributed by atoms with E-state index in [0.29, 0.717) is 0 Å². The molecule has 1 atom stereocenters. The quantitative estimate of drug-likeness (QED) is 0.750. The van der Waals surface area contributed by atoms with Crippen molar-refractivity contribution >= 4 is 17.8 Å². The number of likely N-dealkylation sites (tertiary alicyclic amines) is 1. The molecule has 0 saturated carbocycles. The van der Waals surface area contributed by atoms with Gasteiger partial charge in [-0.2, -0.15) is 0 Å². The van der Waals surface area contributed by atoms with Gasteiger partial charge in [0.25, 0.3) is 0 Å². The van der Waals surface area contributed by atoms with Gasteiger partial charge in [0, 0.05) is 13.1 Å². The molecule has 1 unspecified atom stereocenters. The highest BCUT2D eigenvalue weighted by atomic mass is 16.4. The molecule has 20 heavy (non-hydrogen) atoms. The van der Waals surface area contributed by atoms with E-state index in [2.05, 4.69) is 5.32 Å². The summed E-state index contributed by atoms with van der Waals surface area (Å²) in [5, 5.41) is 11.6. The molecule has 1 heterocycles. The molecule has 1 aliphatic heterocycles. The molecule has 2 N–H and O–H groups in total. The number of amides is 2. The van der Waals surface area contributed by atoms with Crippen LogP contribution in [-0.2, 0) is 14.4 Å². The second-order valence-electron chi connectivity index (χ2n) is 6.30. The first-order chi connectivity index (χ1) is 9.23.